The molecule has 1 aromatic rings. The van der Waals surface area contributed by atoms with Crippen LogP contribution < -0.4 is 5.73 Å². The van der Waals surface area contributed by atoms with Gasteiger partial charge < -0.3 is 5.73 Å². The van der Waals surface area contributed by atoms with Gasteiger partial charge in [0.15, 0.2) is 0 Å². The highest BCUT2D eigenvalue weighted by Crippen LogP contribution is 2.36. The molecule has 0 saturated heterocycles. The van der Waals surface area contributed by atoms with E-state index in [1.54, 1.807) is 11.3 Å². The molecule has 0 radical (unpaired) electrons. The lowest BCUT2D eigenvalue weighted by atomic mass is 10.2. The quantitative estimate of drug-likeness (QED) is 0.874. The Balaban J connectivity index is 2.09. The third kappa shape index (κ3) is 2.86. The molecule has 90 valence electrons. The standard InChI is InChI=1S/C12H19BrN2S/c1-2-15(8-9-3-4-9)11(7-14)12-10(13)5-6-16-12/h5-6,9,11H,2-4,7-8,14H2,1H3. The number of nitrogens with two attached hydrogens (primary N) is 1. The summed E-state index contributed by atoms with van der Waals surface area (Å²) in [6.45, 7) is 5.23. The number of hydrogen-bond donors (Lipinski definition) is 1. The van der Waals surface area contributed by atoms with Crippen molar-refractivity contribution in [1.82, 2.24) is 4.90 Å². The van der Waals surface area contributed by atoms with Crippen molar-refractivity contribution in [1.29, 1.82) is 0 Å². The highest BCUT2D eigenvalue weighted by Gasteiger charge is 2.28. The van der Waals surface area contributed by atoms with Crippen LogP contribution in [0.3, 0.4) is 0 Å². The number of rotatable bonds is 6. The van der Waals surface area contributed by atoms with Gasteiger partial charge in [-0.15, -0.1) is 11.3 Å². The van der Waals surface area contributed by atoms with Crippen molar-refractivity contribution in [2.75, 3.05) is 19.6 Å². The molecule has 1 atom stereocenters. The number of thiophene rings is 1. The van der Waals surface area contributed by atoms with Crippen LogP contribution in [0.4, 0.5) is 0 Å². The van der Waals surface area contributed by atoms with Gasteiger partial charge in [-0.25, -0.2) is 0 Å². The molecule has 2 N–H and O–H groups in total. The smallest absolute Gasteiger partial charge is 0.0575 e. The van der Waals surface area contributed by atoms with Gasteiger partial charge in [-0.2, -0.15) is 0 Å². The van der Waals surface area contributed by atoms with Gasteiger partial charge in [-0.3, -0.25) is 4.90 Å². The Kier molecular flexibility index (Phi) is 4.41. The van der Waals surface area contributed by atoms with E-state index >= 15 is 0 Å². The molecule has 0 amide bonds. The summed E-state index contributed by atoms with van der Waals surface area (Å²) in [5.41, 5.74) is 5.95. The molecule has 0 aromatic carbocycles. The number of likely N-dealkylation sites (N-methyl/N-ethyl adjacent to an activating group) is 1. The lowest BCUT2D eigenvalue weighted by molar-refractivity contribution is 0.206. The van der Waals surface area contributed by atoms with E-state index < -0.39 is 0 Å². The Morgan fingerprint density at radius 2 is 2.38 bits per heavy atom. The largest absolute Gasteiger partial charge is 0.329 e. The van der Waals surface area contributed by atoms with E-state index in [0.717, 1.165) is 12.5 Å². The summed E-state index contributed by atoms with van der Waals surface area (Å²) in [5.74, 6) is 0.924. The number of halogens is 1. The van der Waals surface area contributed by atoms with Crippen LogP contribution in [0, 0.1) is 5.92 Å². The lowest BCUT2D eigenvalue weighted by Crippen LogP contribution is -2.34. The van der Waals surface area contributed by atoms with Gasteiger partial charge in [-0.05, 0) is 52.7 Å². The van der Waals surface area contributed by atoms with E-state index in [9.17, 15) is 0 Å². The van der Waals surface area contributed by atoms with E-state index in [0.29, 0.717) is 12.6 Å². The monoisotopic (exact) mass is 302 g/mol. The van der Waals surface area contributed by atoms with Crippen molar-refractivity contribution in [3.05, 3.63) is 20.8 Å². The average molecular weight is 303 g/mol. The second-order valence-corrected chi connectivity index (χ2v) is 6.22. The molecule has 2 rings (SSSR count). The highest BCUT2D eigenvalue weighted by molar-refractivity contribution is 9.10. The maximum atomic E-state index is 5.95. The Bertz CT molecular complexity index is 336. The van der Waals surface area contributed by atoms with E-state index in [-0.39, 0.29) is 0 Å². The minimum atomic E-state index is 0.389. The van der Waals surface area contributed by atoms with Crippen LogP contribution in [-0.2, 0) is 0 Å². The molecule has 4 heteroatoms. The van der Waals surface area contributed by atoms with Crippen LogP contribution in [-0.4, -0.2) is 24.5 Å². The van der Waals surface area contributed by atoms with E-state index in [4.69, 9.17) is 5.73 Å². The lowest BCUT2D eigenvalue weighted by Gasteiger charge is -2.29. The normalized spacial score (nSPS) is 18.0. The first-order valence-corrected chi connectivity index (χ1v) is 7.60. The molecule has 0 bridgehead atoms. The Hall–Kier alpha value is 0.100. The first-order chi connectivity index (χ1) is 7.76. The molecule has 1 heterocycles. The summed E-state index contributed by atoms with van der Waals surface area (Å²) < 4.78 is 1.21. The fourth-order valence-electron chi connectivity index (χ4n) is 2.07. The van der Waals surface area contributed by atoms with E-state index in [1.807, 2.05) is 0 Å². The van der Waals surface area contributed by atoms with Crippen molar-refractivity contribution in [3.8, 4) is 0 Å². The molecule has 1 unspecified atom stereocenters. The summed E-state index contributed by atoms with van der Waals surface area (Å²) in [4.78, 5) is 3.90. The third-order valence-electron chi connectivity index (χ3n) is 3.21. The minimum absolute atomic E-state index is 0.389. The van der Waals surface area contributed by atoms with Gasteiger partial charge in [0.05, 0.1) is 6.04 Å². The predicted molar refractivity (Wildman–Crippen MR) is 73.8 cm³/mol. The molecule has 1 aliphatic rings. The summed E-state index contributed by atoms with van der Waals surface area (Å²) in [5, 5.41) is 2.13. The van der Waals surface area contributed by atoms with Crippen LogP contribution in [0.5, 0.6) is 0 Å². The van der Waals surface area contributed by atoms with E-state index in [2.05, 4.69) is 39.2 Å². The van der Waals surface area contributed by atoms with Crippen molar-refractivity contribution >= 4 is 27.3 Å². The fourth-order valence-corrected chi connectivity index (χ4v) is 3.86. The SMILES string of the molecule is CCN(CC1CC1)C(CN)c1sccc1Br. The Labute approximate surface area is 110 Å². The predicted octanol–water partition coefficient (Wildman–Crippen LogP) is 3.24. The van der Waals surface area contributed by atoms with Gasteiger partial charge in [0, 0.05) is 22.4 Å². The first-order valence-electron chi connectivity index (χ1n) is 5.93. The van der Waals surface area contributed by atoms with Crippen molar-refractivity contribution in [2.45, 2.75) is 25.8 Å². The summed E-state index contributed by atoms with van der Waals surface area (Å²) in [7, 11) is 0. The average Bonchev–Trinajstić information content (AvgIpc) is 3.01. The molecule has 0 aliphatic heterocycles. The second-order valence-electron chi connectivity index (χ2n) is 4.42. The Morgan fingerprint density at radius 3 is 2.81 bits per heavy atom. The Morgan fingerprint density at radius 1 is 1.62 bits per heavy atom. The minimum Gasteiger partial charge on any atom is -0.329 e. The first kappa shape index (κ1) is 12.6. The molecule has 2 nitrogen and oxygen atoms in total. The van der Waals surface area contributed by atoms with Gasteiger partial charge in [0.25, 0.3) is 0 Å². The second kappa shape index (κ2) is 5.63. The molecule has 16 heavy (non-hydrogen) atoms. The van der Waals surface area contributed by atoms with Crippen molar-refractivity contribution in [2.24, 2.45) is 11.7 Å². The maximum absolute atomic E-state index is 5.95. The van der Waals surface area contributed by atoms with Crippen molar-refractivity contribution < 1.29 is 0 Å². The third-order valence-corrected chi connectivity index (χ3v) is 5.18. The molecule has 0 spiro atoms. The van der Waals surface area contributed by atoms with Crippen LogP contribution in [0.2, 0.25) is 0 Å². The molecule has 1 saturated carbocycles. The van der Waals surface area contributed by atoms with Gasteiger partial charge >= 0.3 is 0 Å². The fraction of sp³-hybridized carbons (Fsp3) is 0.667. The van der Waals surface area contributed by atoms with Crippen LogP contribution in [0.15, 0.2) is 15.9 Å². The molecule has 1 aliphatic carbocycles. The van der Waals surface area contributed by atoms with Crippen LogP contribution in [0.25, 0.3) is 0 Å². The van der Waals surface area contributed by atoms with E-state index in [1.165, 1.54) is 28.7 Å². The van der Waals surface area contributed by atoms with Crippen molar-refractivity contribution in [3.63, 3.8) is 0 Å². The molecule has 1 aromatic heterocycles. The molecular formula is C12H19BrN2S. The molecular weight excluding hydrogens is 284 g/mol. The van der Waals surface area contributed by atoms with Gasteiger partial charge in [0.1, 0.15) is 0 Å². The number of nitrogens with zero attached hydrogens (tertiary/aromatic N) is 1. The molecule has 1 fully saturated rings. The maximum Gasteiger partial charge on any atom is 0.0575 e. The summed E-state index contributed by atoms with van der Waals surface area (Å²) in [6, 6.07) is 2.51. The highest BCUT2D eigenvalue weighted by atomic mass is 79.9. The zero-order valence-electron chi connectivity index (χ0n) is 9.66. The summed E-state index contributed by atoms with van der Waals surface area (Å²) >= 11 is 5.42. The van der Waals surface area contributed by atoms with Gasteiger partial charge in [-0.1, -0.05) is 6.92 Å². The van der Waals surface area contributed by atoms with Crippen LogP contribution in [0.1, 0.15) is 30.7 Å². The van der Waals surface area contributed by atoms with Crippen LogP contribution >= 0.6 is 27.3 Å². The zero-order chi connectivity index (χ0) is 11.5. The van der Waals surface area contributed by atoms with Gasteiger partial charge in [0.2, 0.25) is 0 Å². The zero-order valence-corrected chi connectivity index (χ0v) is 12.1. The summed E-state index contributed by atoms with van der Waals surface area (Å²) in [6.07, 6.45) is 2.80. The topological polar surface area (TPSA) is 29.3 Å². The number of hydrogen-bond acceptors (Lipinski definition) is 3.